The number of aryl methyl sites for hydroxylation is 2. The number of hydrogen-bond donors (Lipinski definition) is 2. The number of nitrogens with two attached hydrogens (primary N) is 1. The number of thiophene rings is 1. The highest BCUT2D eigenvalue weighted by atomic mass is 32.2. The first-order chi connectivity index (χ1) is 13.5. The van der Waals surface area contributed by atoms with Crippen molar-refractivity contribution in [1.82, 2.24) is 14.9 Å². The maximum atomic E-state index is 13.4. The fourth-order valence-electron chi connectivity index (χ4n) is 3.39. The van der Waals surface area contributed by atoms with Crippen LogP contribution < -0.4 is 16.6 Å². The topological polar surface area (TPSA) is 107 Å². The van der Waals surface area contributed by atoms with E-state index in [1.807, 2.05) is 35.6 Å². The summed E-state index contributed by atoms with van der Waals surface area (Å²) in [6.07, 6.45) is 4.08. The van der Waals surface area contributed by atoms with Crippen LogP contribution in [-0.4, -0.2) is 27.2 Å². The summed E-state index contributed by atoms with van der Waals surface area (Å²) in [6, 6.07) is 8.34. The van der Waals surface area contributed by atoms with Crippen molar-refractivity contribution in [2.24, 2.45) is 5.73 Å². The van der Waals surface area contributed by atoms with Crippen LogP contribution >= 0.6 is 23.1 Å². The predicted molar refractivity (Wildman–Crippen MR) is 110 cm³/mol. The molecule has 144 valence electrons. The van der Waals surface area contributed by atoms with Crippen LogP contribution in [0.2, 0.25) is 0 Å². The molecule has 2 aromatic heterocycles. The summed E-state index contributed by atoms with van der Waals surface area (Å²) in [5, 5.41) is 3.14. The summed E-state index contributed by atoms with van der Waals surface area (Å²) in [7, 11) is 0. The first kappa shape index (κ1) is 18.7. The van der Waals surface area contributed by atoms with Crippen LogP contribution in [0.25, 0.3) is 15.9 Å². The van der Waals surface area contributed by atoms with Crippen molar-refractivity contribution in [2.45, 2.75) is 30.8 Å². The van der Waals surface area contributed by atoms with Gasteiger partial charge in [0.15, 0.2) is 5.16 Å². The molecule has 0 aliphatic heterocycles. The van der Waals surface area contributed by atoms with Gasteiger partial charge >= 0.3 is 6.03 Å². The van der Waals surface area contributed by atoms with E-state index in [0.717, 1.165) is 43.0 Å². The minimum atomic E-state index is -0.902. The Morgan fingerprint density at radius 3 is 2.71 bits per heavy atom. The lowest BCUT2D eigenvalue weighted by Crippen LogP contribution is -2.36. The lowest BCUT2D eigenvalue weighted by molar-refractivity contribution is -0.117. The summed E-state index contributed by atoms with van der Waals surface area (Å²) in [5.74, 6) is -0.601. The quantitative estimate of drug-likeness (QED) is 0.504. The molecule has 0 radical (unpaired) electrons. The number of urea groups is 1. The molecule has 1 aromatic carbocycles. The smallest absolute Gasteiger partial charge is 0.318 e. The van der Waals surface area contributed by atoms with E-state index >= 15 is 0 Å². The second-order valence-electron chi connectivity index (χ2n) is 6.46. The largest absolute Gasteiger partial charge is 0.351 e. The van der Waals surface area contributed by atoms with E-state index in [1.54, 1.807) is 15.9 Å². The summed E-state index contributed by atoms with van der Waals surface area (Å²) in [5.41, 5.74) is 6.68. The van der Waals surface area contributed by atoms with Crippen LogP contribution in [0.5, 0.6) is 0 Å². The number of aromatic nitrogens is 2. The fraction of sp³-hybridized carbons (Fsp3) is 0.263. The molecule has 9 heteroatoms. The summed E-state index contributed by atoms with van der Waals surface area (Å²) < 4.78 is 1.55. The summed E-state index contributed by atoms with van der Waals surface area (Å²) >= 11 is 2.67. The number of para-hydroxylation sites is 1. The molecule has 4 rings (SSSR count). The van der Waals surface area contributed by atoms with Gasteiger partial charge in [-0.1, -0.05) is 30.0 Å². The molecule has 0 saturated heterocycles. The molecular weight excluding hydrogens is 396 g/mol. The van der Waals surface area contributed by atoms with E-state index in [0.29, 0.717) is 21.1 Å². The van der Waals surface area contributed by atoms with Crippen molar-refractivity contribution < 1.29 is 9.59 Å². The van der Waals surface area contributed by atoms with Crippen molar-refractivity contribution in [2.75, 3.05) is 5.75 Å². The zero-order valence-corrected chi connectivity index (χ0v) is 16.6. The first-order valence-corrected chi connectivity index (χ1v) is 10.7. The Balaban J connectivity index is 1.84. The van der Waals surface area contributed by atoms with Crippen molar-refractivity contribution in [1.29, 1.82) is 0 Å². The third kappa shape index (κ3) is 3.55. The molecule has 1 aliphatic rings. The third-order valence-electron chi connectivity index (χ3n) is 4.57. The number of carbonyl (C=O) groups is 2. The second-order valence-corrected chi connectivity index (χ2v) is 8.49. The number of carbonyl (C=O) groups excluding carboxylic acids is 2. The number of nitrogens with one attached hydrogen (secondary N) is 1. The SMILES string of the molecule is NC(=O)NC(=O)CSc1nc2sc3c(c2c(=O)n1-c1ccccc1)CCCC3. The standard InChI is InChI=1S/C19H18N4O3S2/c20-18(26)21-14(24)10-27-19-22-16-15(12-8-4-5-9-13(12)28-16)17(25)23(19)11-6-2-1-3-7-11/h1-3,6-7H,4-5,8-10H2,(H3,20,21,24,26). The highest BCUT2D eigenvalue weighted by molar-refractivity contribution is 7.99. The van der Waals surface area contributed by atoms with E-state index in [9.17, 15) is 14.4 Å². The van der Waals surface area contributed by atoms with Gasteiger partial charge in [0.2, 0.25) is 5.91 Å². The molecule has 3 N–H and O–H groups in total. The molecule has 0 spiro atoms. The number of benzene rings is 1. The van der Waals surface area contributed by atoms with Crippen LogP contribution in [-0.2, 0) is 17.6 Å². The van der Waals surface area contributed by atoms with Crippen molar-refractivity contribution in [3.63, 3.8) is 0 Å². The summed E-state index contributed by atoms with van der Waals surface area (Å²) in [4.78, 5) is 42.8. The van der Waals surface area contributed by atoms with Crippen LogP contribution in [0, 0.1) is 0 Å². The maximum absolute atomic E-state index is 13.4. The number of primary amides is 1. The molecule has 7 nitrogen and oxygen atoms in total. The fourth-order valence-corrected chi connectivity index (χ4v) is 5.51. The van der Waals surface area contributed by atoms with Gasteiger partial charge in [-0.05, 0) is 43.4 Å². The first-order valence-electron chi connectivity index (χ1n) is 8.89. The highest BCUT2D eigenvalue weighted by Crippen LogP contribution is 2.35. The van der Waals surface area contributed by atoms with Gasteiger partial charge in [0.25, 0.3) is 5.56 Å². The van der Waals surface area contributed by atoms with Gasteiger partial charge in [-0.25, -0.2) is 9.78 Å². The molecule has 0 bridgehead atoms. The van der Waals surface area contributed by atoms with Gasteiger partial charge < -0.3 is 5.73 Å². The van der Waals surface area contributed by atoms with E-state index in [2.05, 4.69) is 0 Å². The average molecular weight is 415 g/mol. The van der Waals surface area contributed by atoms with Crippen LogP contribution in [0.1, 0.15) is 23.3 Å². The summed E-state index contributed by atoms with van der Waals surface area (Å²) in [6.45, 7) is 0. The Morgan fingerprint density at radius 2 is 1.96 bits per heavy atom. The number of hydrogen-bond acceptors (Lipinski definition) is 6. The maximum Gasteiger partial charge on any atom is 0.318 e. The van der Waals surface area contributed by atoms with Crippen LogP contribution in [0.15, 0.2) is 40.3 Å². The van der Waals surface area contributed by atoms with Gasteiger partial charge in [0, 0.05) is 4.88 Å². The van der Waals surface area contributed by atoms with Gasteiger partial charge in [-0.3, -0.25) is 19.5 Å². The average Bonchev–Trinajstić information content (AvgIpc) is 3.05. The molecule has 3 amide bonds. The van der Waals surface area contributed by atoms with E-state index in [1.165, 1.54) is 4.88 Å². The monoisotopic (exact) mass is 414 g/mol. The Bertz CT molecular complexity index is 1120. The van der Waals surface area contributed by atoms with Crippen molar-refractivity contribution >= 4 is 45.3 Å². The molecule has 0 unspecified atom stereocenters. The Morgan fingerprint density at radius 1 is 1.21 bits per heavy atom. The lowest BCUT2D eigenvalue weighted by Gasteiger charge is -2.13. The third-order valence-corrected chi connectivity index (χ3v) is 6.69. The Hall–Kier alpha value is -2.65. The molecule has 3 aromatic rings. The van der Waals surface area contributed by atoms with Gasteiger partial charge in [-0.2, -0.15) is 0 Å². The number of rotatable bonds is 4. The number of nitrogens with zero attached hydrogens (tertiary/aromatic N) is 2. The molecule has 0 saturated carbocycles. The Kier molecular flexibility index (Phi) is 5.19. The molecule has 28 heavy (non-hydrogen) atoms. The normalized spacial score (nSPS) is 13.3. The van der Waals surface area contributed by atoms with Gasteiger partial charge in [0.05, 0.1) is 16.8 Å². The van der Waals surface area contributed by atoms with Crippen LogP contribution in [0.4, 0.5) is 4.79 Å². The Labute approximate surface area is 169 Å². The lowest BCUT2D eigenvalue weighted by atomic mass is 9.97. The molecule has 1 aliphatic carbocycles. The predicted octanol–water partition coefficient (Wildman–Crippen LogP) is 2.61. The molecule has 0 atom stereocenters. The van der Waals surface area contributed by atoms with E-state index in [4.69, 9.17) is 10.7 Å². The zero-order valence-electron chi connectivity index (χ0n) is 14.9. The number of amides is 3. The van der Waals surface area contributed by atoms with Gasteiger partial charge in [0.1, 0.15) is 4.83 Å². The van der Waals surface area contributed by atoms with E-state index in [-0.39, 0.29) is 11.3 Å². The van der Waals surface area contributed by atoms with Crippen molar-refractivity contribution in [3.05, 3.63) is 51.1 Å². The van der Waals surface area contributed by atoms with Crippen LogP contribution in [0.3, 0.4) is 0 Å². The second kappa shape index (κ2) is 7.76. The molecule has 0 fully saturated rings. The molecular formula is C19H18N4O3S2. The zero-order chi connectivity index (χ0) is 19.7. The van der Waals surface area contributed by atoms with Gasteiger partial charge in [-0.15, -0.1) is 11.3 Å². The minimum absolute atomic E-state index is 0.0706. The number of imide groups is 1. The minimum Gasteiger partial charge on any atom is -0.351 e. The molecule has 2 heterocycles. The number of thioether (sulfide) groups is 1. The number of fused-ring (bicyclic) bond motifs is 3. The van der Waals surface area contributed by atoms with Crippen molar-refractivity contribution in [3.8, 4) is 5.69 Å². The highest BCUT2D eigenvalue weighted by Gasteiger charge is 2.23. The van der Waals surface area contributed by atoms with E-state index < -0.39 is 11.9 Å².